The van der Waals surface area contributed by atoms with Gasteiger partial charge in [0.1, 0.15) is 5.75 Å². The monoisotopic (exact) mass is 326 g/mol. The van der Waals surface area contributed by atoms with Crippen molar-refractivity contribution in [3.63, 3.8) is 0 Å². The molecule has 3 fully saturated rings. The van der Waals surface area contributed by atoms with Crippen LogP contribution in [-0.4, -0.2) is 58.4 Å². The Hall–Kier alpha value is -1.85. The second kappa shape index (κ2) is 6.57. The quantitative estimate of drug-likeness (QED) is 0.815. The number of fused-ring (bicyclic) bond motifs is 2. The van der Waals surface area contributed by atoms with E-state index in [0.717, 1.165) is 30.9 Å². The van der Waals surface area contributed by atoms with Crippen LogP contribution in [0, 0.1) is 0 Å². The van der Waals surface area contributed by atoms with Crippen LogP contribution in [0.25, 0.3) is 0 Å². The van der Waals surface area contributed by atoms with Crippen LogP contribution in [0.5, 0.6) is 5.75 Å². The van der Waals surface area contributed by atoms with Crippen molar-refractivity contribution in [3.05, 3.63) is 47.8 Å². The maximum atomic E-state index is 5.54. The van der Waals surface area contributed by atoms with Crippen LogP contribution in [0.15, 0.2) is 36.7 Å². The maximum Gasteiger partial charge on any atom is 0.123 e. The molecule has 0 amide bonds. The largest absolute Gasteiger partial charge is 0.496 e. The Morgan fingerprint density at radius 1 is 1.21 bits per heavy atom. The Kier molecular flexibility index (Phi) is 4.29. The molecule has 0 radical (unpaired) electrons. The summed E-state index contributed by atoms with van der Waals surface area (Å²) in [5, 5.41) is 4.31. The highest BCUT2D eigenvalue weighted by Gasteiger charge is 2.43. The first-order chi connectivity index (χ1) is 11.8. The van der Waals surface area contributed by atoms with Gasteiger partial charge in [0, 0.05) is 49.7 Å². The lowest BCUT2D eigenvalue weighted by Gasteiger charge is -2.56. The van der Waals surface area contributed by atoms with Crippen molar-refractivity contribution in [3.8, 4) is 5.75 Å². The molecular formula is C19H26N4O. The van der Waals surface area contributed by atoms with Gasteiger partial charge in [0.15, 0.2) is 0 Å². The summed E-state index contributed by atoms with van der Waals surface area (Å²) >= 11 is 0. The molecule has 5 rings (SSSR count). The van der Waals surface area contributed by atoms with Gasteiger partial charge in [-0.15, -0.1) is 0 Å². The first-order valence-corrected chi connectivity index (χ1v) is 8.88. The molecule has 3 aliphatic rings. The molecule has 4 heterocycles. The van der Waals surface area contributed by atoms with Gasteiger partial charge in [-0.1, -0.05) is 13.0 Å². The molecule has 24 heavy (non-hydrogen) atoms. The van der Waals surface area contributed by atoms with Crippen LogP contribution >= 0.6 is 0 Å². The molecule has 5 heteroatoms. The molecule has 128 valence electrons. The van der Waals surface area contributed by atoms with Crippen LogP contribution in [0.4, 0.5) is 0 Å². The second-order valence-electron chi connectivity index (χ2n) is 6.92. The van der Waals surface area contributed by atoms with Crippen LogP contribution in [0.2, 0.25) is 0 Å². The number of rotatable bonds is 6. The molecular weight excluding hydrogens is 300 g/mol. The molecule has 0 aliphatic carbocycles. The average molecular weight is 326 g/mol. The summed E-state index contributed by atoms with van der Waals surface area (Å²) in [6, 6.07) is 10.0. The van der Waals surface area contributed by atoms with E-state index in [1.807, 2.05) is 23.1 Å². The van der Waals surface area contributed by atoms with E-state index in [-0.39, 0.29) is 0 Å². The molecule has 3 saturated heterocycles. The normalized spacial score (nSPS) is 23.9. The highest BCUT2D eigenvalue weighted by Crippen LogP contribution is 2.34. The van der Waals surface area contributed by atoms with Gasteiger partial charge < -0.3 is 9.64 Å². The SMILES string of the molecule is CCN1CC2CC(C1)N2Cc1ccc(OC)c(Cn2cccn2)c1. The number of nitrogens with zero attached hydrogens (tertiary/aromatic N) is 4. The fourth-order valence-corrected chi connectivity index (χ4v) is 4.12. The zero-order valence-corrected chi connectivity index (χ0v) is 14.6. The van der Waals surface area contributed by atoms with E-state index < -0.39 is 0 Å². The van der Waals surface area contributed by atoms with Gasteiger partial charge in [0.25, 0.3) is 0 Å². The number of hydrogen-bond acceptors (Lipinski definition) is 4. The Balaban J connectivity index is 1.48. The van der Waals surface area contributed by atoms with E-state index >= 15 is 0 Å². The smallest absolute Gasteiger partial charge is 0.123 e. The van der Waals surface area contributed by atoms with Crippen molar-refractivity contribution < 1.29 is 4.74 Å². The van der Waals surface area contributed by atoms with Gasteiger partial charge in [0.05, 0.1) is 13.7 Å². The third-order valence-corrected chi connectivity index (χ3v) is 5.47. The van der Waals surface area contributed by atoms with Crippen molar-refractivity contribution in [1.29, 1.82) is 0 Å². The van der Waals surface area contributed by atoms with E-state index in [2.05, 4.69) is 40.0 Å². The summed E-state index contributed by atoms with van der Waals surface area (Å²) in [6.07, 6.45) is 5.18. The number of hydrogen-bond donors (Lipinski definition) is 0. The molecule has 0 N–H and O–H groups in total. The lowest BCUT2D eigenvalue weighted by Crippen LogP contribution is -2.67. The maximum absolute atomic E-state index is 5.54. The zero-order valence-electron chi connectivity index (χ0n) is 14.6. The highest BCUT2D eigenvalue weighted by molar-refractivity contribution is 5.37. The number of methoxy groups -OCH3 is 1. The van der Waals surface area contributed by atoms with Crippen LogP contribution in [0.3, 0.4) is 0 Å². The molecule has 1 aromatic heterocycles. The topological polar surface area (TPSA) is 33.5 Å². The van der Waals surface area contributed by atoms with Gasteiger partial charge in [-0.3, -0.25) is 9.58 Å². The summed E-state index contributed by atoms with van der Waals surface area (Å²) in [4.78, 5) is 5.25. The van der Waals surface area contributed by atoms with Crippen molar-refractivity contribution in [2.24, 2.45) is 0 Å². The minimum Gasteiger partial charge on any atom is -0.496 e. The van der Waals surface area contributed by atoms with Crippen LogP contribution < -0.4 is 4.74 Å². The van der Waals surface area contributed by atoms with Crippen molar-refractivity contribution >= 4 is 0 Å². The van der Waals surface area contributed by atoms with Gasteiger partial charge in [-0.25, -0.2) is 0 Å². The Bertz CT molecular complexity index is 673. The Labute approximate surface area is 143 Å². The van der Waals surface area contributed by atoms with Crippen LogP contribution in [-0.2, 0) is 13.1 Å². The van der Waals surface area contributed by atoms with E-state index in [9.17, 15) is 0 Å². The van der Waals surface area contributed by atoms with Crippen molar-refractivity contribution in [1.82, 2.24) is 19.6 Å². The standard InChI is InChI=1S/C19H26N4O/c1-3-21-13-17-10-18(14-21)23(17)11-15-5-6-19(24-2)16(9-15)12-22-8-4-7-20-22/h4-9,17-18H,3,10-14H2,1-2H3. The Morgan fingerprint density at radius 2 is 2.04 bits per heavy atom. The number of piperazine rings is 1. The van der Waals surface area contributed by atoms with Crippen molar-refractivity contribution in [2.45, 2.75) is 38.5 Å². The zero-order chi connectivity index (χ0) is 16.5. The molecule has 3 aliphatic heterocycles. The lowest BCUT2D eigenvalue weighted by molar-refractivity contribution is -0.0732. The minimum absolute atomic E-state index is 0.736. The number of likely N-dealkylation sites (N-methyl/N-ethyl adjacent to an activating group) is 1. The van der Waals surface area contributed by atoms with Crippen LogP contribution in [0.1, 0.15) is 24.5 Å². The molecule has 0 spiro atoms. The molecule has 2 aromatic rings. The van der Waals surface area contributed by atoms with Gasteiger partial charge in [-0.05, 0) is 36.7 Å². The van der Waals surface area contributed by atoms with Gasteiger partial charge in [-0.2, -0.15) is 5.10 Å². The number of piperidine rings is 1. The molecule has 5 nitrogen and oxygen atoms in total. The van der Waals surface area contributed by atoms with Gasteiger partial charge in [0.2, 0.25) is 0 Å². The summed E-state index contributed by atoms with van der Waals surface area (Å²) < 4.78 is 7.48. The molecule has 2 unspecified atom stereocenters. The molecule has 1 aromatic carbocycles. The van der Waals surface area contributed by atoms with E-state index in [0.29, 0.717) is 0 Å². The summed E-state index contributed by atoms with van der Waals surface area (Å²) in [6.45, 7) is 7.69. The first-order valence-electron chi connectivity index (χ1n) is 8.88. The summed E-state index contributed by atoms with van der Waals surface area (Å²) in [5.41, 5.74) is 2.57. The van der Waals surface area contributed by atoms with E-state index in [1.165, 1.54) is 37.2 Å². The lowest BCUT2D eigenvalue weighted by atomic mass is 9.86. The third-order valence-electron chi connectivity index (χ3n) is 5.47. The van der Waals surface area contributed by atoms with E-state index in [1.54, 1.807) is 7.11 Å². The number of aromatic nitrogens is 2. The number of benzene rings is 1. The second-order valence-corrected chi connectivity index (χ2v) is 6.92. The van der Waals surface area contributed by atoms with Crippen molar-refractivity contribution in [2.75, 3.05) is 26.7 Å². The minimum atomic E-state index is 0.736. The average Bonchev–Trinajstić information content (AvgIpc) is 3.13. The molecule has 2 bridgehead atoms. The predicted molar refractivity (Wildman–Crippen MR) is 94.2 cm³/mol. The Morgan fingerprint density at radius 3 is 2.71 bits per heavy atom. The fraction of sp³-hybridized carbons (Fsp3) is 0.526. The van der Waals surface area contributed by atoms with E-state index in [4.69, 9.17) is 4.74 Å². The highest BCUT2D eigenvalue weighted by atomic mass is 16.5. The van der Waals surface area contributed by atoms with Gasteiger partial charge >= 0.3 is 0 Å². The molecule has 0 saturated carbocycles. The third kappa shape index (κ3) is 2.94. The number of ether oxygens (including phenoxy) is 1. The first kappa shape index (κ1) is 15.7. The summed E-state index contributed by atoms with van der Waals surface area (Å²) in [5.74, 6) is 0.940. The summed E-state index contributed by atoms with van der Waals surface area (Å²) in [7, 11) is 1.74. The fourth-order valence-electron chi connectivity index (χ4n) is 4.12. The molecule has 2 atom stereocenters. The predicted octanol–water partition coefficient (Wildman–Crippen LogP) is 2.22.